The first-order valence-corrected chi connectivity index (χ1v) is 3.38. The molecule has 0 spiro atoms. The minimum absolute atomic E-state index is 0. The van der Waals surface area contributed by atoms with Gasteiger partial charge in [0.15, 0.2) is 0 Å². The molecule has 0 amide bonds. The molecule has 0 radical (unpaired) electrons. The standard InChI is InChI=1S/C9H12.HI/c1-3-9-6-4-8(2)5-7-9;/h4-7H,3H2,1-2H3;1H. The van der Waals surface area contributed by atoms with Crippen LogP contribution < -0.4 is 0 Å². The van der Waals surface area contributed by atoms with Crippen molar-refractivity contribution in [1.82, 2.24) is 0 Å². The first-order valence-electron chi connectivity index (χ1n) is 3.38. The van der Waals surface area contributed by atoms with Crippen molar-refractivity contribution < 1.29 is 0 Å². The molecule has 0 saturated heterocycles. The molecule has 56 valence electrons. The maximum absolute atomic E-state index is 2.18. The van der Waals surface area contributed by atoms with Gasteiger partial charge in [-0.25, -0.2) is 0 Å². The zero-order valence-corrected chi connectivity index (χ0v) is 8.76. The lowest BCUT2D eigenvalue weighted by atomic mass is 10.1. The third kappa shape index (κ3) is 2.69. The van der Waals surface area contributed by atoms with Crippen molar-refractivity contribution in [2.24, 2.45) is 0 Å². The number of rotatable bonds is 1. The third-order valence-electron chi connectivity index (χ3n) is 1.53. The second-order valence-corrected chi connectivity index (χ2v) is 2.34. The van der Waals surface area contributed by atoms with Crippen molar-refractivity contribution in [3.8, 4) is 0 Å². The fourth-order valence-electron chi connectivity index (χ4n) is 0.824. The Labute approximate surface area is 79.7 Å². The Morgan fingerprint density at radius 2 is 1.60 bits per heavy atom. The Kier molecular flexibility index (Phi) is 4.69. The molecule has 0 aliphatic rings. The van der Waals surface area contributed by atoms with E-state index in [4.69, 9.17) is 0 Å². The van der Waals surface area contributed by atoms with E-state index in [0.717, 1.165) is 6.42 Å². The van der Waals surface area contributed by atoms with Crippen LogP contribution in [-0.4, -0.2) is 0 Å². The van der Waals surface area contributed by atoms with Gasteiger partial charge in [0.1, 0.15) is 0 Å². The summed E-state index contributed by atoms with van der Waals surface area (Å²) in [7, 11) is 0. The molecule has 10 heavy (non-hydrogen) atoms. The normalized spacial score (nSPS) is 8.60. The minimum atomic E-state index is 0. The second-order valence-electron chi connectivity index (χ2n) is 2.34. The molecule has 0 unspecified atom stereocenters. The number of benzene rings is 1. The fraction of sp³-hybridized carbons (Fsp3) is 0.333. The van der Waals surface area contributed by atoms with Gasteiger partial charge in [0, 0.05) is 0 Å². The number of hydrogen-bond acceptors (Lipinski definition) is 0. The highest BCUT2D eigenvalue weighted by Gasteiger charge is 1.84. The predicted octanol–water partition coefficient (Wildman–Crippen LogP) is 3.18. The molecule has 0 atom stereocenters. The summed E-state index contributed by atoms with van der Waals surface area (Å²) in [5.41, 5.74) is 2.76. The lowest BCUT2D eigenvalue weighted by molar-refractivity contribution is 1.14. The van der Waals surface area contributed by atoms with Crippen LogP contribution >= 0.6 is 24.0 Å². The summed E-state index contributed by atoms with van der Waals surface area (Å²) in [6.45, 7) is 4.28. The molecule has 0 heterocycles. The van der Waals surface area contributed by atoms with Crippen molar-refractivity contribution in [3.05, 3.63) is 35.4 Å². The first kappa shape index (κ1) is 9.95. The van der Waals surface area contributed by atoms with Crippen LogP contribution in [0.25, 0.3) is 0 Å². The molecule has 0 aliphatic carbocycles. The van der Waals surface area contributed by atoms with E-state index in [1.807, 2.05) is 0 Å². The van der Waals surface area contributed by atoms with Crippen molar-refractivity contribution in [3.63, 3.8) is 0 Å². The Morgan fingerprint density at radius 3 is 2.00 bits per heavy atom. The SMILES string of the molecule is CCc1ccc(C)cc1.I. The topological polar surface area (TPSA) is 0 Å². The van der Waals surface area contributed by atoms with Crippen molar-refractivity contribution >= 4 is 24.0 Å². The van der Waals surface area contributed by atoms with Gasteiger partial charge >= 0.3 is 0 Å². The quantitative estimate of drug-likeness (QED) is 0.669. The van der Waals surface area contributed by atoms with Crippen LogP contribution in [0.2, 0.25) is 0 Å². The molecular formula is C9H13I. The summed E-state index contributed by atoms with van der Waals surface area (Å²) in [5.74, 6) is 0. The summed E-state index contributed by atoms with van der Waals surface area (Å²) in [6.07, 6.45) is 1.14. The summed E-state index contributed by atoms with van der Waals surface area (Å²) in [6, 6.07) is 8.66. The Morgan fingerprint density at radius 1 is 1.10 bits per heavy atom. The summed E-state index contributed by atoms with van der Waals surface area (Å²) >= 11 is 0. The van der Waals surface area contributed by atoms with Crippen molar-refractivity contribution in [2.75, 3.05) is 0 Å². The molecule has 0 bridgehead atoms. The minimum Gasteiger partial charge on any atom is -0.107 e. The Hall–Kier alpha value is -0.0500. The molecule has 1 aromatic rings. The highest BCUT2D eigenvalue weighted by molar-refractivity contribution is 14.0. The van der Waals surface area contributed by atoms with Crippen LogP contribution in [0.1, 0.15) is 18.1 Å². The Bertz CT molecular complexity index is 176. The molecule has 0 N–H and O–H groups in total. The van der Waals surface area contributed by atoms with E-state index in [1.165, 1.54) is 11.1 Å². The van der Waals surface area contributed by atoms with E-state index >= 15 is 0 Å². The zero-order valence-electron chi connectivity index (χ0n) is 6.42. The van der Waals surface area contributed by atoms with Crippen molar-refractivity contribution in [2.45, 2.75) is 20.3 Å². The molecule has 0 fully saturated rings. The first-order chi connectivity index (χ1) is 4.33. The number of hydrogen-bond donors (Lipinski definition) is 0. The van der Waals surface area contributed by atoms with Gasteiger partial charge in [-0.15, -0.1) is 24.0 Å². The van der Waals surface area contributed by atoms with Gasteiger partial charge in [-0.2, -0.15) is 0 Å². The average molecular weight is 248 g/mol. The van der Waals surface area contributed by atoms with Crippen molar-refractivity contribution in [1.29, 1.82) is 0 Å². The lowest BCUT2D eigenvalue weighted by Gasteiger charge is -1.94. The van der Waals surface area contributed by atoms with Crippen LogP contribution in [0.4, 0.5) is 0 Å². The van der Waals surface area contributed by atoms with Crippen LogP contribution in [-0.2, 0) is 6.42 Å². The van der Waals surface area contributed by atoms with E-state index in [2.05, 4.69) is 38.1 Å². The van der Waals surface area contributed by atoms with Gasteiger partial charge in [0.05, 0.1) is 0 Å². The summed E-state index contributed by atoms with van der Waals surface area (Å²) in [4.78, 5) is 0. The molecule has 0 aliphatic heterocycles. The molecule has 0 aromatic heterocycles. The number of halogens is 1. The van der Waals surface area contributed by atoms with E-state index < -0.39 is 0 Å². The summed E-state index contributed by atoms with van der Waals surface area (Å²) in [5, 5.41) is 0. The van der Waals surface area contributed by atoms with E-state index in [-0.39, 0.29) is 24.0 Å². The van der Waals surface area contributed by atoms with Gasteiger partial charge in [-0.3, -0.25) is 0 Å². The predicted molar refractivity (Wildman–Crippen MR) is 56.0 cm³/mol. The van der Waals surface area contributed by atoms with Gasteiger partial charge < -0.3 is 0 Å². The van der Waals surface area contributed by atoms with Gasteiger partial charge in [0.25, 0.3) is 0 Å². The fourth-order valence-corrected chi connectivity index (χ4v) is 0.824. The third-order valence-corrected chi connectivity index (χ3v) is 1.53. The van der Waals surface area contributed by atoms with E-state index in [9.17, 15) is 0 Å². The largest absolute Gasteiger partial charge is 0.107 e. The molecule has 1 aromatic carbocycles. The van der Waals surface area contributed by atoms with Gasteiger partial charge in [-0.05, 0) is 18.9 Å². The molecule has 1 rings (SSSR count). The van der Waals surface area contributed by atoms with Crippen LogP contribution in [0.15, 0.2) is 24.3 Å². The van der Waals surface area contributed by atoms with Gasteiger partial charge in [0.2, 0.25) is 0 Å². The highest BCUT2D eigenvalue weighted by atomic mass is 127. The molecular weight excluding hydrogens is 235 g/mol. The summed E-state index contributed by atoms with van der Waals surface area (Å²) < 4.78 is 0. The molecule has 1 heteroatoms. The highest BCUT2D eigenvalue weighted by Crippen LogP contribution is 2.02. The van der Waals surface area contributed by atoms with E-state index in [1.54, 1.807) is 0 Å². The molecule has 0 nitrogen and oxygen atoms in total. The maximum Gasteiger partial charge on any atom is -0.0307 e. The zero-order chi connectivity index (χ0) is 6.69. The second kappa shape index (κ2) is 4.72. The van der Waals surface area contributed by atoms with Crippen LogP contribution in [0.3, 0.4) is 0 Å². The maximum atomic E-state index is 2.18. The van der Waals surface area contributed by atoms with Gasteiger partial charge in [-0.1, -0.05) is 36.8 Å². The van der Waals surface area contributed by atoms with Crippen LogP contribution in [0, 0.1) is 6.92 Å². The monoisotopic (exact) mass is 248 g/mol. The van der Waals surface area contributed by atoms with Crippen LogP contribution in [0.5, 0.6) is 0 Å². The smallest absolute Gasteiger partial charge is 0.0307 e. The van der Waals surface area contributed by atoms with E-state index in [0.29, 0.717) is 0 Å². The molecule has 0 saturated carbocycles. The Balaban J connectivity index is 0.000000810. The average Bonchev–Trinajstić information content (AvgIpc) is 1.90. The lowest BCUT2D eigenvalue weighted by Crippen LogP contribution is -1.77. The number of aryl methyl sites for hydroxylation is 2.